The van der Waals surface area contributed by atoms with E-state index in [1.54, 1.807) is 0 Å². The van der Waals surface area contributed by atoms with Crippen molar-refractivity contribution in [1.29, 1.82) is 0 Å². The Morgan fingerprint density at radius 1 is 0.824 bits per heavy atom. The molecule has 0 amide bonds. The van der Waals surface area contributed by atoms with Crippen LogP contribution in [0, 0.1) is 0 Å². The summed E-state index contributed by atoms with van der Waals surface area (Å²) in [6.45, 7) is 0. The first-order chi connectivity index (χ1) is 8.18. The Bertz CT molecular complexity index is 606. The molecule has 3 aromatic rings. The van der Waals surface area contributed by atoms with E-state index in [9.17, 15) is 4.79 Å². The summed E-state index contributed by atoms with van der Waals surface area (Å²) in [5.74, 6) is 0. The summed E-state index contributed by atoms with van der Waals surface area (Å²) in [4.78, 5) is 12.6. The van der Waals surface area contributed by atoms with Gasteiger partial charge in [0.05, 0.1) is 0 Å². The van der Waals surface area contributed by atoms with Crippen LogP contribution in [0.15, 0.2) is 48.5 Å². The van der Waals surface area contributed by atoms with Gasteiger partial charge < -0.3 is 4.98 Å². The van der Waals surface area contributed by atoms with Gasteiger partial charge in [-0.1, -0.05) is 61.7 Å². The maximum Gasteiger partial charge on any atom is 0.239 e. The van der Waals surface area contributed by atoms with Gasteiger partial charge in [0.2, 0.25) is 4.45 Å². The van der Waals surface area contributed by atoms with Gasteiger partial charge in [-0.2, -0.15) is 0 Å². The molecule has 0 spiro atoms. The third-order valence-electron chi connectivity index (χ3n) is 2.41. The van der Waals surface area contributed by atoms with Crippen LogP contribution in [-0.4, -0.2) is 9.43 Å². The molecule has 4 heteroatoms. The van der Waals surface area contributed by atoms with Crippen molar-refractivity contribution in [3.63, 3.8) is 0 Å². The molecule has 2 aromatic carbocycles. The predicted octanol–water partition coefficient (Wildman–Crippen LogP) is 4.29. The highest BCUT2D eigenvalue weighted by Gasteiger charge is 2.00. The fourth-order valence-corrected chi connectivity index (χ4v) is 1.80. The van der Waals surface area contributed by atoms with Crippen LogP contribution in [0.4, 0.5) is 4.79 Å². The van der Waals surface area contributed by atoms with Crippen molar-refractivity contribution in [2.75, 3.05) is 0 Å². The van der Waals surface area contributed by atoms with Gasteiger partial charge in [-0.25, -0.2) is 0 Å². The highest BCUT2D eigenvalue weighted by atomic mass is 32.2. The van der Waals surface area contributed by atoms with Gasteiger partial charge in [0.1, 0.15) is 0 Å². The molecule has 2 nitrogen and oxygen atoms in total. The molecule has 1 N–H and O–H groups in total. The summed E-state index contributed by atoms with van der Waals surface area (Å²) in [6, 6.07) is 16.8. The number of nitrogens with one attached hydrogen (secondary N) is 1. The molecule has 0 radical (unpaired) electrons. The number of aromatic nitrogens is 1. The van der Waals surface area contributed by atoms with E-state index in [0.717, 1.165) is 0 Å². The lowest BCUT2D eigenvalue weighted by Crippen LogP contribution is -1.62. The third-order valence-corrected chi connectivity index (χ3v) is 2.41. The van der Waals surface area contributed by atoms with Crippen molar-refractivity contribution in [2.24, 2.45) is 0 Å². The Kier molecular flexibility index (Phi) is 3.76. The van der Waals surface area contributed by atoms with Gasteiger partial charge in [-0.3, -0.25) is 4.79 Å². The minimum atomic E-state index is -0.444. The normalized spacial score (nSPS) is 10.0. The van der Waals surface area contributed by atoms with Crippen molar-refractivity contribution in [2.45, 2.75) is 0 Å². The smallest absolute Gasteiger partial charge is 0.239 e. The molecule has 0 unspecified atom stereocenters. The number of aromatic amines is 1. The summed E-state index contributed by atoms with van der Waals surface area (Å²) in [5, 5.41) is 2.61. The van der Waals surface area contributed by atoms with Crippen LogP contribution in [0.25, 0.3) is 21.8 Å². The van der Waals surface area contributed by atoms with Crippen molar-refractivity contribution >= 4 is 51.5 Å². The number of fused-ring (bicyclic) bond motifs is 3. The molecule has 0 aliphatic heterocycles. The number of para-hydroxylation sites is 2. The number of H-pyrrole nitrogens is 1. The minimum absolute atomic E-state index is 0.444. The monoisotopic (exact) mass is 261 g/mol. The van der Waals surface area contributed by atoms with E-state index in [0.29, 0.717) is 0 Å². The Balaban J connectivity index is 0.000000239. The summed E-state index contributed by atoms with van der Waals surface area (Å²) >= 11 is 6.38. The zero-order chi connectivity index (χ0) is 12.3. The number of hydrogen-bond donors (Lipinski definition) is 3. The van der Waals surface area contributed by atoms with E-state index >= 15 is 0 Å². The average Bonchev–Trinajstić information content (AvgIpc) is 2.66. The van der Waals surface area contributed by atoms with Crippen molar-refractivity contribution in [3.8, 4) is 0 Å². The van der Waals surface area contributed by atoms with Crippen molar-refractivity contribution < 1.29 is 4.79 Å². The first kappa shape index (κ1) is 12.1. The third kappa shape index (κ3) is 2.84. The first-order valence-corrected chi connectivity index (χ1v) is 5.95. The Labute approximate surface area is 110 Å². The predicted molar refractivity (Wildman–Crippen MR) is 79.2 cm³/mol. The van der Waals surface area contributed by atoms with E-state index in [2.05, 4.69) is 78.8 Å². The number of hydrogen-bond acceptors (Lipinski definition) is 1. The minimum Gasteiger partial charge on any atom is -0.355 e. The molecule has 17 heavy (non-hydrogen) atoms. The second-order valence-corrected chi connectivity index (χ2v) is 4.66. The quantitative estimate of drug-likeness (QED) is 0.518. The van der Waals surface area contributed by atoms with Crippen molar-refractivity contribution in [3.05, 3.63) is 48.5 Å². The van der Waals surface area contributed by atoms with Crippen LogP contribution in [-0.2, 0) is 0 Å². The SMILES string of the molecule is O=C(S)S.c1ccc2c(c1)[nH]c1ccccc12. The fraction of sp³-hybridized carbons (Fsp3) is 0. The Morgan fingerprint density at radius 3 is 1.59 bits per heavy atom. The van der Waals surface area contributed by atoms with E-state index < -0.39 is 4.45 Å². The molecule has 86 valence electrons. The fourth-order valence-electron chi connectivity index (χ4n) is 1.80. The standard InChI is InChI=1S/C12H9N.CH2OS2/c1-3-7-11-9(5-1)10-6-2-4-8-12(10)13-11;2-1(3)4/h1-8,13H;(H2,2,3,4). The van der Waals surface area contributed by atoms with E-state index in [1.165, 1.54) is 21.8 Å². The number of rotatable bonds is 0. The van der Waals surface area contributed by atoms with Crippen molar-refractivity contribution in [1.82, 2.24) is 4.98 Å². The zero-order valence-corrected chi connectivity index (χ0v) is 10.7. The summed E-state index contributed by atoms with van der Waals surface area (Å²) in [7, 11) is 0. The number of thiol groups is 2. The summed E-state index contributed by atoms with van der Waals surface area (Å²) < 4.78 is -0.444. The van der Waals surface area contributed by atoms with Gasteiger partial charge in [-0.05, 0) is 12.1 Å². The summed E-state index contributed by atoms with van der Waals surface area (Å²) in [5.41, 5.74) is 2.42. The van der Waals surface area contributed by atoms with E-state index in [4.69, 9.17) is 0 Å². The van der Waals surface area contributed by atoms with Gasteiger partial charge in [0.15, 0.2) is 0 Å². The topological polar surface area (TPSA) is 32.9 Å². The van der Waals surface area contributed by atoms with Gasteiger partial charge in [0, 0.05) is 21.8 Å². The van der Waals surface area contributed by atoms with Crippen LogP contribution in [0.2, 0.25) is 0 Å². The van der Waals surface area contributed by atoms with E-state index in [-0.39, 0.29) is 0 Å². The molecular formula is C13H11NOS2. The largest absolute Gasteiger partial charge is 0.355 e. The molecule has 1 aromatic heterocycles. The maximum atomic E-state index is 9.17. The number of benzene rings is 2. The lowest BCUT2D eigenvalue weighted by Gasteiger charge is -1.87. The Hall–Kier alpha value is -1.39. The highest BCUT2D eigenvalue weighted by molar-refractivity contribution is 8.23. The molecule has 0 aliphatic carbocycles. The molecule has 0 aliphatic rings. The first-order valence-electron chi connectivity index (χ1n) is 5.06. The molecule has 0 fully saturated rings. The lowest BCUT2D eigenvalue weighted by molar-refractivity contribution is 0.277. The molecule has 3 rings (SSSR count). The van der Waals surface area contributed by atoms with Crippen LogP contribution in [0.1, 0.15) is 0 Å². The number of carbonyl (C=O) groups is 1. The van der Waals surface area contributed by atoms with Gasteiger partial charge in [-0.15, -0.1) is 0 Å². The molecule has 0 bridgehead atoms. The molecule has 1 heterocycles. The maximum absolute atomic E-state index is 9.17. The molecule has 0 atom stereocenters. The van der Waals surface area contributed by atoms with Crippen LogP contribution >= 0.6 is 25.3 Å². The Morgan fingerprint density at radius 2 is 1.18 bits per heavy atom. The van der Waals surface area contributed by atoms with E-state index in [1.807, 2.05) is 0 Å². The van der Waals surface area contributed by atoms with Crippen LogP contribution < -0.4 is 0 Å². The second-order valence-electron chi connectivity index (χ2n) is 3.50. The number of carbonyl (C=O) groups excluding carboxylic acids is 1. The zero-order valence-electron chi connectivity index (χ0n) is 8.92. The molecule has 0 saturated carbocycles. The average molecular weight is 261 g/mol. The van der Waals surface area contributed by atoms with Crippen LogP contribution in [0.5, 0.6) is 0 Å². The van der Waals surface area contributed by atoms with Gasteiger partial charge >= 0.3 is 0 Å². The lowest BCUT2D eigenvalue weighted by atomic mass is 10.2. The highest BCUT2D eigenvalue weighted by Crippen LogP contribution is 2.24. The molecule has 0 saturated heterocycles. The van der Waals surface area contributed by atoms with Crippen LogP contribution in [0.3, 0.4) is 0 Å². The summed E-state index contributed by atoms with van der Waals surface area (Å²) in [6.07, 6.45) is 0. The molecular weight excluding hydrogens is 250 g/mol. The second kappa shape index (κ2) is 5.29. The van der Waals surface area contributed by atoms with Gasteiger partial charge in [0.25, 0.3) is 0 Å².